The fourth-order valence-corrected chi connectivity index (χ4v) is 3.37. The van der Waals surface area contributed by atoms with Crippen LogP contribution >= 0.6 is 23.2 Å². The molecule has 0 saturated carbocycles. The summed E-state index contributed by atoms with van der Waals surface area (Å²) in [7, 11) is 1.60. The first-order chi connectivity index (χ1) is 12.8. The van der Waals surface area contributed by atoms with Crippen molar-refractivity contribution in [1.29, 1.82) is 0 Å². The van der Waals surface area contributed by atoms with Crippen molar-refractivity contribution in [2.24, 2.45) is 0 Å². The number of aryl methyl sites for hydroxylation is 2. The molecule has 3 aromatic rings. The second kappa shape index (κ2) is 7.67. The van der Waals surface area contributed by atoms with Gasteiger partial charge in [0.25, 0.3) is 0 Å². The number of furan rings is 1. The first-order valence-corrected chi connectivity index (χ1v) is 9.07. The number of carbonyl (C=O) groups is 1. The van der Waals surface area contributed by atoms with E-state index >= 15 is 0 Å². The number of allylic oxidation sites excluding steroid dienone is 1. The Kier molecular flexibility index (Phi) is 5.49. The lowest BCUT2D eigenvalue weighted by molar-refractivity contribution is -0.111. The van der Waals surface area contributed by atoms with Gasteiger partial charge in [0.15, 0.2) is 0 Å². The number of ether oxygens (including phenoxy) is 1. The van der Waals surface area contributed by atoms with Gasteiger partial charge in [0.1, 0.15) is 11.3 Å². The summed E-state index contributed by atoms with van der Waals surface area (Å²) < 4.78 is 11.2. The molecule has 0 unspecified atom stereocenters. The van der Waals surface area contributed by atoms with Gasteiger partial charge in [0, 0.05) is 27.6 Å². The standard InChI is InChI=1S/C21H19Cl2NO3/c1-11(7-19(25)24-18-8-14(22)5-6-17(18)23)15-9-16-12(2)10-27-21(16)13(3)20(15)26-4/h5-10H,1-4H3,(H,24,25)/b11-7+. The topological polar surface area (TPSA) is 51.5 Å². The number of amides is 1. The first-order valence-electron chi connectivity index (χ1n) is 8.32. The Morgan fingerprint density at radius 3 is 2.67 bits per heavy atom. The van der Waals surface area contributed by atoms with Crippen LogP contribution in [0.1, 0.15) is 23.6 Å². The number of halogens is 2. The van der Waals surface area contributed by atoms with E-state index in [1.165, 1.54) is 6.08 Å². The van der Waals surface area contributed by atoms with Crippen LogP contribution in [0.15, 0.2) is 41.0 Å². The van der Waals surface area contributed by atoms with Gasteiger partial charge in [-0.3, -0.25) is 4.79 Å². The summed E-state index contributed by atoms with van der Waals surface area (Å²) in [6.07, 6.45) is 3.23. The highest BCUT2D eigenvalue weighted by molar-refractivity contribution is 6.35. The first kappa shape index (κ1) is 19.3. The number of carbonyl (C=O) groups excluding carboxylic acids is 1. The average Bonchev–Trinajstić information content (AvgIpc) is 2.99. The van der Waals surface area contributed by atoms with Crippen molar-refractivity contribution in [2.75, 3.05) is 12.4 Å². The van der Waals surface area contributed by atoms with Gasteiger partial charge in [-0.25, -0.2) is 0 Å². The van der Waals surface area contributed by atoms with Crippen LogP contribution in [0.5, 0.6) is 5.75 Å². The summed E-state index contributed by atoms with van der Waals surface area (Å²) in [4.78, 5) is 12.5. The van der Waals surface area contributed by atoms with Gasteiger partial charge in [-0.15, -0.1) is 0 Å². The van der Waals surface area contributed by atoms with E-state index in [4.69, 9.17) is 32.4 Å². The molecule has 3 rings (SSSR count). The second-order valence-corrected chi connectivity index (χ2v) is 7.16. The summed E-state index contributed by atoms with van der Waals surface area (Å²) in [5, 5.41) is 4.66. The molecule has 1 heterocycles. The lowest BCUT2D eigenvalue weighted by Gasteiger charge is -2.13. The van der Waals surface area contributed by atoms with Crippen LogP contribution in [-0.2, 0) is 4.79 Å². The van der Waals surface area contributed by atoms with Crippen molar-refractivity contribution in [3.63, 3.8) is 0 Å². The highest BCUT2D eigenvalue weighted by atomic mass is 35.5. The summed E-state index contributed by atoms with van der Waals surface area (Å²) in [5.41, 5.74) is 4.76. The van der Waals surface area contributed by atoms with Gasteiger partial charge in [0.05, 0.1) is 24.1 Å². The summed E-state index contributed by atoms with van der Waals surface area (Å²) >= 11 is 12.1. The van der Waals surface area contributed by atoms with Crippen molar-refractivity contribution in [3.8, 4) is 5.75 Å². The van der Waals surface area contributed by atoms with Crippen molar-refractivity contribution < 1.29 is 13.9 Å². The zero-order chi connectivity index (χ0) is 19.7. The van der Waals surface area contributed by atoms with Crippen molar-refractivity contribution in [1.82, 2.24) is 0 Å². The highest BCUT2D eigenvalue weighted by Gasteiger charge is 2.17. The Balaban J connectivity index is 1.99. The fourth-order valence-electron chi connectivity index (χ4n) is 3.03. The van der Waals surface area contributed by atoms with Crippen molar-refractivity contribution >= 4 is 51.3 Å². The van der Waals surface area contributed by atoms with Crippen LogP contribution in [0.25, 0.3) is 16.5 Å². The highest BCUT2D eigenvalue weighted by Crippen LogP contribution is 2.37. The normalized spacial score (nSPS) is 11.7. The third-order valence-corrected chi connectivity index (χ3v) is 4.97. The number of benzene rings is 2. The lowest BCUT2D eigenvalue weighted by Crippen LogP contribution is -2.09. The van der Waals surface area contributed by atoms with Crippen LogP contribution in [0.4, 0.5) is 5.69 Å². The summed E-state index contributed by atoms with van der Waals surface area (Å²) in [6.45, 7) is 5.78. The molecular weight excluding hydrogens is 385 g/mol. The smallest absolute Gasteiger partial charge is 0.248 e. The van der Waals surface area contributed by atoms with Gasteiger partial charge >= 0.3 is 0 Å². The van der Waals surface area contributed by atoms with E-state index in [0.29, 0.717) is 21.5 Å². The maximum absolute atomic E-state index is 12.5. The van der Waals surface area contributed by atoms with E-state index in [1.807, 2.05) is 26.8 Å². The Morgan fingerprint density at radius 1 is 1.22 bits per heavy atom. The van der Waals surface area contributed by atoms with E-state index in [1.54, 1.807) is 31.6 Å². The predicted molar refractivity (Wildman–Crippen MR) is 111 cm³/mol. The van der Waals surface area contributed by atoms with Gasteiger partial charge in [0.2, 0.25) is 5.91 Å². The second-order valence-electron chi connectivity index (χ2n) is 6.32. The quantitative estimate of drug-likeness (QED) is 0.512. The molecule has 1 N–H and O–H groups in total. The molecule has 1 aromatic heterocycles. The lowest BCUT2D eigenvalue weighted by atomic mass is 9.98. The fraction of sp³-hybridized carbons (Fsp3) is 0.190. The molecule has 0 aliphatic carbocycles. The monoisotopic (exact) mass is 403 g/mol. The number of rotatable bonds is 4. The molecule has 0 atom stereocenters. The van der Waals surface area contributed by atoms with Gasteiger partial charge in [-0.05, 0) is 56.2 Å². The number of fused-ring (bicyclic) bond motifs is 1. The Labute approximate surface area is 167 Å². The molecule has 27 heavy (non-hydrogen) atoms. The van der Waals surface area contributed by atoms with Crippen LogP contribution in [0.3, 0.4) is 0 Å². The number of anilines is 1. The minimum absolute atomic E-state index is 0.305. The maximum Gasteiger partial charge on any atom is 0.248 e. The van der Waals surface area contributed by atoms with Crippen molar-refractivity contribution in [2.45, 2.75) is 20.8 Å². The van der Waals surface area contributed by atoms with Crippen molar-refractivity contribution in [3.05, 3.63) is 63.3 Å². The van der Waals surface area contributed by atoms with E-state index in [-0.39, 0.29) is 5.91 Å². The van der Waals surface area contributed by atoms with E-state index in [0.717, 1.165) is 33.2 Å². The van der Waals surface area contributed by atoms with Gasteiger partial charge < -0.3 is 14.5 Å². The zero-order valence-corrected chi connectivity index (χ0v) is 17.0. The largest absolute Gasteiger partial charge is 0.496 e. The number of hydrogen-bond acceptors (Lipinski definition) is 3. The molecule has 0 spiro atoms. The average molecular weight is 404 g/mol. The van der Waals surface area contributed by atoms with E-state index in [9.17, 15) is 4.79 Å². The molecule has 2 aromatic carbocycles. The molecule has 4 nitrogen and oxygen atoms in total. The van der Waals surface area contributed by atoms with E-state index in [2.05, 4.69) is 5.32 Å². The predicted octanol–water partition coefficient (Wildman–Crippen LogP) is 6.41. The minimum Gasteiger partial charge on any atom is -0.496 e. The number of methoxy groups -OCH3 is 1. The molecule has 0 saturated heterocycles. The molecular formula is C21H19Cl2NO3. The number of nitrogens with one attached hydrogen (secondary N) is 1. The molecule has 0 fully saturated rings. The minimum atomic E-state index is -0.305. The van der Waals surface area contributed by atoms with Crippen LogP contribution < -0.4 is 10.1 Å². The van der Waals surface area contributed by atoms with Crippen LogP contribution in [0, 0.1) is 13.8 Å². The molecule has 140 valence electrons. The molecule has 0 radical (unpaired) electrons. The van der Waals surface area contributed by atoms with Gasteiger partial charge in [-0.1, -0.05) is 23.2 Å². The van der Waals surface area contributed by atoms with Crippen LogP contribution in [0.2, 0.25) is 10.0 Å². The van der Waals surface area contributed by atoms with E-state index < -0.39 is 0 Å². The Hall–Kier alpha value is -2.43. The van der Waals surface area contributed by atoms with Gasteiger partial charge in [-0.2, -0.15) is 0 Å². The molecule has 0 bridgehead atoms. The van der Waals surface area contributed by atoms with Crippen LogP contribution in [-0.4, -0.2) is 13.0 Å². The maximum atomic E-state index is 12.5. The Bertz CT molecular complexity index is 1070. The SMILES string of the molecule is COc1c(/C(C)=C/C(=O)Nc2cc(Cl)ccc2Cl)cc2c(C)coc2c1C. The Morgan fingerprint density at radius 2 is 1.96 bits per heavy atom. The molecule has 0 aliphatic heterocycles. The molecule has 0 aliphatic rings. The third kappa shape index (κ3) is 3.82. The summed E-state index contributed by atoms with van der Waals surface area (Å²) in [5.74, 6) is 0.375. The molecule has 6 heteroatoms. The zero-order valence-electron chi connectivity index (χ0n) is 15.4. The number of hydrogen-bond donors (Lipinski definition) is 1. The molecule has 1 amide bonds. The summed E-state index contributed by atoms with van der Waals surface area (Å²) in [6, 6.07) is 6.89. The third-order valence-electron chi connectivity index (χ3n) is 4.40.